The average Bonchev–Trinajstić information content (AvgIpc) is 2.79. The van der Waals surface area contributed by atoms with E-state index in [4.69, 9.17) is 5.73 Å². The fraction of sp³-hybridized carbons (Fsp3) is 0.409. The minimum Gasteiger partial charge on any atom is -0.384 e. The van der Waals surface area contributed by atoms with Crippen molar-refractivity contribution in [2.45, 2.75) is 51.4 Å². The van der Waals surface area contributed by atoms with Crippen molar-refractivity contribution >= 4 is 34.3 Å². The van der Waals surface area contributed by atoms with Crippen LogP contribution in [0.4, 0.5) is 5.82 Å². The second-order valence-corrected chi connectivity index (χ2v) is 8.43. The summed E-state index contributed by atoms with van der Waals surface area (Å²) in [4.78, 5) is 55.5. The van der Waals surface area contributed by atoms with Crippen LogP contribution in [0.3, 0.4) is 0 Å². The molecule has 170 valence electrons. The predicted octanol–water partition coefficient (Wildman–Crippen LogP) is 2.02. The van der Waals surface area contributed by atoms with Gasteiger partial charge in [-0.3, -0.25) is 28.1 Å². The number of Topliss-reactive ketones (excluding diaryl/α,β-unsaturated/α-hetero) is 1. The van der Waals surface area contributed by atoms with Gasteiger partial charge in [0.2, 0.25) is 0 Å². The third kappa shape index (κ3) is 4.40. The first-order chi connectivity index (χ1) is 15.3. The second-order valence-electron chi connectivity index (χ2n) is 7.49. The number of carbonyl (C=O) groups excluding carboxylic acids is 1. The van der Waals surface area contributed by atoms with Gasteiger partial charge in [0.15, 0.2) is 10.9 Å². The standard InChI is InChI=1S/C22H27N5O4S/c1-4-6-12-27-19(29)14-9-7-8-10-15(14)24-21(27)32-13-16(28)17-18(23)26(11-5-2)22(31)25(3)20(17)30/h7-10H,4-6,11-13,23H2,1-3H3. The second kappa shape index (κ2) is 9.99. The molecule has 0 aliphatic heterocycles. The number of thioether (sulfide) groups is 1. The molecule has 9 nitrogen and oxygen atoms in total. The Kier molecular flexibility index (Phi) is 7.34. The number of nitrogens with zero attached hydrogens (tertiary/aromatic N) is 4. The van der Waals surface area contributed by atoms with E-state index in [1.54, 1.807) is 28.8 Å². The number of rotatable bonds is 9. The van der Waals surface area contributed by atoms with Crippen LogP contribution in [0.1, 0.15) is 43.5 Å². The molecule has 2 heterocycles. The highest BCUT2D eigenvalue weighted by Crippen LogP contribution is 2.20. The normalized spacial score (nSPS) is 11.2. The van der Waals surface area contributed by atoms with Gasteiger partial charge in [0.05, 0.1) is 16.7 Å². The summed E-state index contributed by atoms with van der Waals surface area (Å²) in [6, 6.07) is 7.07. The number of nitrogen functional groups attached to an aromatic ring is 1. The Morgan fingerprint density at radius 2 is 1.75 bits per heavy atom. The molecule has 0 fully saturated rings. The number of unbranched alkanes of at least 4 members (excludes halogenated alkanes) is 1. The molecule has 0 unspecified atom stereocenters. The molecule has 0 atom stereocenters. The van der Waals surface area contributed by atoms with Gasteiger partial charge in [0.25, 0.3) is 11.1 Å². The van der Waals surface area contributed by atoms with Crippen molar-refractivity contribution in [1.82, 2.24) is 18.7 Å². The van der Waals surface area contributed by atoms with E-state index in [2.05, 4.69) is 4.98 Å². The number of aromatic nitrogens is 4. The van der Waals surface area contributed by atoms with E-state index in [-0.39, 0.29) is 22.7 Å². The summed E-state index contributed by atoms with van der Waals surface area (Å²) in [5.74, 6) is -0.775. The van der Waals surface area contributed by atoms with Crippen LogP contribution in [0.15, 0.2) is 43.8 Å². The number of benzene rings is 1. The summed E-state index contributed by atoms with van der Waals surface area (Å²) < 4.78 is 3.71. The largest absolute Gasteiger partial charge is 0.384 e. The number of hydrogen-bond acceptors (Lipinski definition) is 7. The topological polar surface area (TPSA) is 122 Å². The van der Waals surface area contributed by atoms with Crippen molar-refractivity contribution in [3.05, 3.63) is 61.0 Å². The first kappa shape index (κ1) is 23.5. The smallest absolute Gasteiger partial charge is 0.332 e. The number of hydrogen-bond donors (Lipinski definition) is 1. The molecule has 0 radical (unpaired) electrons. The number of fused-ring (bicyclic) bond motifs is 1. The van der Waals surface area contributed by atoms with Crippen LogP contribution in [0.5, 0.6) is 0 Å². The fourth-order valence-electron chi connectivity index (χ4n) is 3.46. The molecule has 3 rings (SSSR count). The third-order valence-electron chi connectivity index (χ3n) is 5.20. The zero-order valence-electron chi connectivity index (χ0n) is 18.5. The molecule has 1 aromatic carbocycles. The van der Waals surface area contributed by atoms with Crippen molar-refractivity contribution in [3.8, 4) is 0 Å². The lowest BCUT2D eigenvalue weighted by Crippen LogP contribution is -2.42. The van der Waals surface area contributed by atoms with E-state index in [1.165, 1.54) is 11.6 Å². The quantitative estimate of drug-likeness (QED) is 0.296. The van der Waals surface area contributed by atoms with Crippen molar-refractivity contribution in [3.63, 3.8) is 0 Å². The van der Waals surface area contributed by atoms with Crippen LogP contribution in [-0.2, 0) is 20.1 Å². The highest BCUT2D eigenvalue weighted by molar-refractivity contribution is 7.99. The summed E-state index contributed by atoms with van der Waals surface area (Å²) in [5, 5.41) is 0.928. The maximum atomic E-state index is 13.0. The highest BCUT2D eigenvalue weighted by Gasteiger charge is 2.22. The Hall–Kier alpha value is -3.14. The lowest BCUT2D eigenvalue weighted by molar-refractivity contribution is 0.102. The maximum absolute atomic E-state index is 13.0. The van der Waals surface area contributed by atoms with E-state index in [0.717, 1.165) is 29.2 Å². The molecule has 0 saturated carbocycles. The van der Waals surface area contributed by atoms with Gasteiger partial charge < -0.3 is 5.73 Å². The average molecular weight is 458 g/mol. The SMILES string of the molecule is CCCCn1c(SCC(=O)c2c(N)n(CCC)c(=O)n(C)c2=O)nc2ccccc2c1=O. The number of anilines is 1. The van der Waals surface area contributed by atoms with Gasteiger partial charge in [-0.2, -0.15) is 0 Å². The molecule has 32 heavy (non-hydrogen) atoms. The van der Waals surface area contributed by atoms with E-state index < -0.39 is 17.0 Å². The van der Waals surface area contributed by atoms with E-state index >= 15 is 0 Å². The molecule has 2 aromatic heterocycles. The third-order valence-corrected chi connectivity index (χ3v) is 6.18. The van der Waals surface area contributed by atoms with Crippen LogP contribution in [0, 0.1) is 0 Å². The first-order valence-electron chi connectivity index (χ1n) is 10.6. The van der Waals surface area contributed by atoms with Crippen LogP contribution in [0.25, 0.3) is 10.9 Å². The fourth-order valence-corrected chi connectivity index (χ4v) is 4.36. The summed E-state index contributed by atoms with van der Waals surface area (Å²) in [6.45, 7) is 4.68. The molecule has 0 amide bonds. The molecule has 0 aliphatic rings. The Labute approximate surface area is 188 Å². The first-order valence-corrected chi connectivity index (χ1v) is 11.5. The van der Waals surface area contributed by atoms with Gasteiger partial charge >= 0.3 is 5.69 Å². The summed E-state index contributed by atoms with van der Waals surface area (Å²) in [6.07, 6.45) is 2.31. The number of carbonyl (C=O) groups is 1. The Bertz CT molecular complexity index is 1340. The Morgan fingerprint density at radius 1 is 1.03 bits per heavy atom. The molecular weight excluding hydrogens is 430 g/mol. The monoisotopic (exact) mass is 457 g/mol. The minimum absolute atomic E-state index is 0.125. The van der Waals surface area contributed by atoms with E-state index in [1.807, 2.05) is 13.8 Å². The van der Waals surface area contributed by atoms with Crippen molar-refractivity contribution in [2.24, 2.45) is 7.05 Å². The molecule has 3 aromatic rings. The van der Waals surface area contributed by atoms with Gasteiger partial charge in [-0.05, 0) is 25.0 Å². The van der Waals surface area contributed by atoms with Gasteiger partial charge in [-0.15, -0.1) is 0 Å². The molecular formula is C22H27N5O4S. The van der Waals surface area contributed by atoms with Gasteiger partial charge in [0.1, 0.15) is 11.4 Å². The zero-order valence-corrected chi connectivity index (χ0v) is 19.3. The molecule has 2 N–H and O–H groups in total. The van der Waals surface area contributed by atoms with E-state index in [9.17, 15) is 19.2 Å². The van der Waals surface area contributed by atoms with Crippen LogP contribution in [-0.4, -0.2) is 30.2 Å². The molecule has 0 aliphatic carbocycles. The van der Waals surface area contributed by atoms with Crippen molar-refractivity contribution in [2.75, 3.05) is 11.5 Å². The molecule has 0 bridgehead atoms. The Balaban J connectivity index is 2.00. The van der Waals surface area contributed by atoms with Crippen LogP contribution < -0.4 is 22.5 Å². The summed E-state index contributed by atoms with van der Waals surface area (Å²) >= 11 is 1.09. The summed E-state index contributed by atoms with van der Waals surface area (Å²) in [5.41, 5.74) is 4.95. The zero-order chi connectivity index (χ0) is 23.4. The number of ketones is 1. The molecule has 0 spiro atoms. The van der Waals surface area contributed by atoms with Crippen LogP contribution in [0.2, 0.25) is 0 Å². The van der Waals surface area contributed by atoms with Gasteiger partial charge in [0, 0.05) is 20.1 Å². The van der Waals surface area contributed by atoms with Gasteiger partial charge in [-0.25, -0.2) is 9.78 Å². The van der Waals surface area contributed by atoms with Gasteiger partial charge in [-0.1, -0.05) is 44.2 Å². The molecule has 10 heteroatoms. The predicted molar refractivity (Wildman–Crippen MR) is 127 cm³/mol. The van der Waals surface area contributed by atoms with Crippen molar-refractivity contribution < 1.29 is 4.79 Å². The minimum atomic E-state index is -0.722. The van der Waals surface area contributed by atoms with Crippen molar-refractivity contribution in [1.29, 1.82) is 0 Å². The van der Waals surface area contributed by atoms with Crippen LogP contribution >= 0.6 is 11.8 Å². The highest BCUT2D eigenvalue weighted by atomic mass is 32.2. The number of para-hydroxylation sites is 1. The van der Waals surface area contributed by atoms with E-state index in [0.29, 0.717) is 35.6 Å². The Morgan fingerprint density at radius 3 is 2.44 bits per heavy atom. The maximum Gasteiger partial charge on any atom is 0.332 e. The molecule has 0 saturated heterocycles. The summed E-state index contributed by atoms with van der Waals surface area (Å²) in [7, 11) is 1.33. The lowest BCUT2D eigenvalue weighted by Gasteiger charge is -2.15. The lowest BCUT2D eigenvalue weighted by atomic mass is 10.2. The number of nitrogens with two attached hydrogens (primary N) is 1.